The molecule has 0 spiro atoms. The number of nitrogens with one attached hydrogen (secondary N) is 1. The van der Waals surface area contributed by atoms with E-state index in [1.165, 1.54) is 6.92 Å². The van der Waals surface area contributed by atoms with Crippen molar-refractivity contribution < 1.29 is 19.4 Å². The number of carboxylic acid groups (broad SMARTS) is 1. The molecule has 2 aromatic rings. The molecule has 0 aliphatic heterocycles. The molecule has 0 aromatic heterocycles. The molecule has 5 heteroatoms. The van der Waals surface area contributed by atoms with Crippen LogP contribution in [0.4, 0.5) is 4.79 Å². The predicted octanol–water partition coefficient (Wildman–Crippen LogP) is 3.00. The number of rotatable bonds is 4. The zero-order valence-corrected chi connectivity index (χ0v) is 12.7. The summed E-state index contributed by atoms with van der Waals surface area (Å²) in [5.41, 5.74) is 4.53. The van der Waals surface area contributed by atoms with E-state index in [-0.39, 0.29) is 12.5 Å². The van der Waals surface area contributed by atoms with Gasteiger partial charge in [0.2, 0.25) is 0 Å². The van der Waals surface area contributed by atoms with Crippen LogP contribution < -0.4 is 5.32 Å². The van der Waals surface area contributed by atoms with Crippen LogP contribution in [0.2, 0.25) is 0 Å². The molecule has 0 saturated carbocycles. The Morgan fingerprint density at radius 2 is 1.61 bits per heavy atom. The van der Waals surface area contributed by atoms with Crippen LogP contribution in [-0.4, -0.2) is 29.8 Å². The second kappa shape index (κ2) is 6.12. The fourth-order valence-corrected chi connectivity index (χ4v) is 2.88. The van der Waals surface area contributed by atoms with E-state index in [9.17, 15) is 9.59 Å². The van der Waals surface area contributed by atoms with E-state index < -0.39 is 18.1 Å². The second-order valence-electron chi connectivity index (χ2n) is 5.53. The largest absolute Gasteiger partial charge is 0.480 e. The number of aliphatic carboxylic acids is 1. The molecule has 0 fully saturated rings. The minimum absolute atomic E-state index is 0.0340. The Morgan fingerprint density at radius 1 is 1.09 bits per heavy atom. The molecule has 5 nitrogen and oxygen atoms in total. The lowest BCUT2D eigenvalue weighted by molar-refractivity contribution is -0.138. The zero-order chi connectivity index (χ0) is 16.4. The van der Waals surface area contributed by atoms with E-state index in [1.54, 1.807) is 0 Å². The predicted molar refractivity (Wildman–Crippen MR) is 85.3 cm³/mol. The number of benzene rings is 2. The van der Waals surface area contributed by atoms with Crippen molar-refractivity contribution in [2.75, 3.05) is 6.61 Å². The highest BCUT2D eigenvalue weighted by atomic mass is 16.5. The number of hydrogen-bond acceptors (Lipinski definition) is 3. The van der Waals surface area contributed by atoms with Crippen LogP contribution in [0.3, 0.4) is 0 Å². The van der Waals surface area contributed by atoms with Gasteiger partial charge in [-0.05, 0) is 29.2 Å². The number of amides is 1. The van der Waals surface area contributed by atoms with Gasteiger partial charge in [-0.3, -0.25) is 4.79 Å². The standard InChI is InChI=1S/C18H17NO4/c1-11(17(20)21)19-18(22)23-10-16-14-8-4-2-6-12(14)13-7-3-5-9-15(13)16/h2-9,11,16H,10H2,1H3,(H,19,22)(H,20,21)/t11-/m0/s1/i17+1. The van der Waals surface area contributed by atoms with Crippen molar-refractivity contribution in [3.05, 3.63) is 59.7 Å². The smallest absolute Gasteiger partial charge is 0.407 e. The van der Waals surface area contributed by atoms with Gasteiger partial charge < -0.3 is 15.2 Å². The van der Waals surface area contributed by atoms with E-state index in [0.29, 0.717) is 0 Å². The van der Waals surface area contributed by atoms with Crippen molar-refractivity contribution in [3.63, 3.8) is 0 Å². The number of alkyl carbamates (subject to hydrolysis) is 1. The zero-order valence-electron chi connectivity index (χ0n) is 12.7. The van der Waals surface area contributed by atoms with Crippen molar-refractivity contribution in [2.24, 2.45) is 0 Å². The average molecular weight is 312 g/mol. The molecule has 3 rings (SSSR count). The highest BCUT2D eigenvalue weighted by Crippen LogP contribution is 2.44. The summed E-state index contributed by atoms with van der Waals surface area (Å²) >= 11 is 0. The Bertz CT molecular complexity index is 711. The molecule has 1 aliphatic carbocycles. The van der Waals surface area contributed by atoms with Gasteiger partial charge in [-0.1, -0.05) is 48.5 Å². The summed E-state index contributed by atoms with van der Waals surface area (Å²) in [5, 5.41) is 11.1. The molecule has 2 aromatic carbocycles. The van der Waals surface area contributed by atoms with Gasteiger partial charge in [0.15, 0.2) is 0 Å². The summed E-state index contributed by atoms with van der Waals surface area (Å²) in [6.07, 6.45) is -0.721. The van der Waals surface area contributed by atoms with E-state index in [1.807, 2.05) is 36.4 Å². The fraction of sp³-hybridized carbons (Fsp3) is 0.222. The van der Waals surface area contributed by atoms with Crippen molar-refractivity contribution in [1.82, 2.24) is 5.32 Å². The van der Waals surface area contributed by atoms with Crippen LogP contribution in [-0.2, 0) is 9.53 Å². The van der Waals surface area contributed by atoms with E-state index >= 15 is 0 Å². The van der Waals surface area contributed by atoms with Gasteiger partial charge in [0.05, 0.1) is 0 Å². The SMILES string of the molecule is C[C@H](NC(=O)OCC1c2ccccc2-c2ccccc21)[13C](=O)O. The number of fused-ring (bicyclic) bond motifs is 3. The first kappa shape index (κ1) is 15.1. The number of ether oxygens (including phenoxy) is 1. The van der Waals surface area contributed by atoms with Crippen LogP contribution in [0, 0.1) is 0 Å². The Balaban J connectivity index is 1.76. The topological polar surface area (TPSA) is 75.6 Å². The minimum Gasteiger partial charge on any atom is -0.480 e. The highest BCUT2D eigenvalue weighted by Gasteiger charge is 2.29. The van der Waals surface area contributed by atoms with Gasteiger partial charge in [0, 0.05) is 5.92 Å². The van der Waals surface area contributed by atoms with Crippen LogP contribution >= 0.6 is 0 Å². The quantitative estimate of drug-likeness (QED) is 0.851. The summed E-state index contributed by atoms with van der Waals surface area (Å²) in [5.74, 6) is -1.13. The third-order valence-electron chi connectivity index (χ3n) is 4.05. The molecule has 0 bridgehead atoms. The number of hydrogen-bond donors (Lipinski definition) is 2. The summed E-state index contributed by atoms with van der Waals surface area (Å²) in [4.78, 5) is 22.5. The van der Waals surface area contributed by atoms with Crippen molar-refractivity contribution in [2.45, 2.75) is 18.9 Å². The van der Waals surface area contributed by atoms with Gasteiger partial charge in [-0.15, -0.1) is 0 Å². The molecule has 2 N–H and O–H groups in total. The molecular weight excluding hydrogens is 295 g/mol. The molecule has 0 heterocycles. The molecule has 1 atom stereocenters. The molecule has 0 unspecified atom stereocenters. The first-order valence-corrected chi connectivity index (χ1v) is 7.42. The van der Waals surface area contributed by atoms with Crippen molar-refractivity contribution >= 4 is 12.1 Å². The van der Waals surface area contributed by atoms with Gasteiger partial charge in [0.25, 0.3) is 0 Å². The second-order valence-corrected chi connectivity index (χ2v) is 5.53. The maximum Gasteiger partial charge on any atom is 0.407 e. The van der Waals surface area contributed by atoms with Gasteiger partial charge in [-0.2, -0.15) is 0 Å². The maximum absolute atomic E-state index is 11.7. The Hall–Kier alpha value is -2.82. The van der Waals surface area contributed by atoms with Crippen molar-refractivity contribution in [1.29, 1.82) is 0 Å². The molecule has 118 valence electrons. The minimum atomic E-state index is -1.10. The lowest BCUT2D eigenvalue weighted by atomic mass is 9.98. The van der Waals surface area contributed by atoms with E-state index in [0.717, 1.165) is 22.3 Å². The summed E-state index contributed by atoms with van der Waals surface area (Å²) in [7, 11) is 0. The monoisotopic (exact) mass is 312 g/mol. The summed E-state index contributed by atoms with van der Waals surface area (Å²) < 4.78 is 5.25. The molecule has 0 radical (unpaired) electrons. The van der Waals surface area contributed by atoms with Gasteiger partial charge in [0.1, 0.15) is 12.6 Å². The Labute approximate surface area is 133 Å². The summed E-state index contributed by atoms with van der Waals surface area (Å²) in [6, 6.07) is 15.1. The molecular formula is C18H17NO4. The van der Waals surface area contributed by atoms with Crippen LogP contribution in [0.15, 0.2) is 48.5 Å². The third kappa shape index (κ3) is 2.90. The first-order valence-electron chi connectivity index (χ1n) is 7.42. The maximum atomic E-state index is 11.7. The van der Waals surface area contributed by atoms with E-state index in [2.05, 4.69) is 17.4 Å². The Morgan fingerprint density at radius 3 is 2.13 bits per heavy atom. The average Bonchev–Trinajstić information content (AvgIpc) is 2.87. The number of carboxylic acids is 1. The first-order chi connectivity index (χ1) is 11.1. The van der Waals surface area contributed by atoms with Crippen LogP contribution in [0.5, 0.6) is 0 Å². The van der Waals surface area contributed by atoms with E-state index in [4.69, 9.17) is 9.84 Å². The van der Waals surface area contributed by atoms with Crippen molar-refractivity contribution in [3.8, 4) is 11.1 Å². The third-order valence-corrected chi connectivity index (χ3v) is 4.05. The van der Waals surface area contributed by atoms with Gasteiger partial charge >= 0.3 is 12.1 Å². The summed E-state index contributed by atoms with van der Waals surface area (Å²) in [6.45, 7) is 1.57. The molecule has 1 amide bonds. The molecule has 23 heavy (non-hydrogen) atoms. The van der Waals surface area contributed by atoms with Crippen LogP contribution in [0.25, 0.3) is 11.1 Å². The van der Waals surface area contributed by atoms with Crippen LogP contribution in [0.1, 0.15) is 24.0 Å². The highest BCUT2D eigenvalue weighted by molar-refractivity contribution is 5.80. The lowest BCUT2D eigenvalue weighted by Crippen LogP contribution is -2.39. The molecule has 0 saturated heterocycles. The number of carbonyl (C=O) groups excluding carboxylic acids is 1. The van der Waals surface area contributed by atoms with Gasteiger partial charge in [-0.25, -0.2) is 4.79 Å². The molecule has 1 aliphatic rings. The number of carbonyl (C=O) groups is 2. The lowest BCUT2D eigenvalue weighted by Gasteiger charge is -2.15. The Kier molecular flexibility index (Phi) is 4.02. The normalized spacial score (nSPS) is 13.8. The fourth-order valence-electron chi connectivity index (χ4n) is 2.88.